The van der Waals surface area contributed by atoms with Crippen LogP contribution in [0.5, 0.6) is 0 Å². The zero-order valence-electron chi connectivity index (χ0n) is 23.9. The van der Waals surface area contributed by atoms with Gasteiger partial charge in [0, 0.05) is 5.57 Å². The summed E-state index contributed by atoms with van der Waals surface area (Å²) in [5.74, 6) is -2.56. The number of ether oxygens (including phenoxy) is 2. The highest BCUT2D eigenvalue weighted by Gasteiger charge is 2.45. The highest BCUT2D eigenvalue weighted by atomic mass is 19.2. The minimum absolute atomic E-state index is 0.234. The molecule has 0 N–H and O–H groups in total. The van der Waals surface area contributed by atoms with E-state index in [1.165, 1.54) is 12.0 Å². The van der Waals surface area contributed by atoms with Crippen LogP contribution in [0.2, 0.25) is 0 Å². The van der Waals surface area contributed by atoms with E-state index in [9.17, 15) is 0 Å². The molecular weight excluding hydrogens is 502 g/mol. The molecule has 0 spiro atoms. The van der Waals surface area contributed by atoms with E-state index in [-0.39, 0.29) is 5.57 Å². The Kier molecular flexibility index (Phi) is 11.3. The molecule has 0 aliphatic heterocycles. The average Bonchev–Trinajstić information content (AvgIpc) is 3.00. The van der Waals surface area contributed by atoms with Crippen LogP contribution in [0.25, 0.3) is 27.8 Å². The molecule has 212 valence electrons. The second kappa shape index (κ2) is 15.1. The molecule has 0 amide bonds. The molecule has 3 aromatic rings. The second-order valence-corrected chi connectivity index (χ2v) is 10.5. The van der Waals surface area contributed by atoms with Gasteiger partial charge in [-0.05, 0) is 46.7 Å². The normalized spacial score (nSPS) is 18.9. The number of alkyl halides is 1. The lowest BCUT2D eigenvalue weighted by atomic mass is 9.92. The smallest absolute Gasteiger partial charge is 0.227 e. The lowest BCUT2D eigenvalue weighted by Gasteiger charge is -2.36. The van der Waals surface area contributed by atoms with Crippen molar-refractivity contribution in [3.05, 3.63) is 102 Å². The van der Waals surface area contributed by atoms with E-state index in [0.717, 1.165) is 61.6 Å². The summed E-state index contributed by atoms with van der Waals surface area (Å²) in [5, 5.41) is 0. The lowest BCUT2D eigenvalue weighted by Crippen LogP contribution is -2.46. The average molecular weight is 545 g/mol. The largest absolute Gasteiger partial charge is 0.344 e. The first-order chi connectivity index (χ1) is 19.6. The topological polar surface area (TPSA) is 18.5 Å². The Labute approximate surface area is 238 Å². The highest BCUT2D eigenvalue weighted by Crippen LogP contribution is 2.39. The number of allylic oxidation sites excluding steroid dienone is 2. The molecule has 0 saturated heterocycles. The number of hydrogen-bond donors (Lipinski definition) is 0. The number of rotatable bonds is 15. The van der Waals surface area contributed by atoms with Crippen molar-refractivity contribution in [1.82, 2.24) is 0 Å². The fourth-order valence-corrected chi connectivity index (χ4v) is 5.04. The maximum atomic E-state index is 15.8. The van der Waals surface area contributed by atoms with Crippen molar-refractivity contribution < 1.29 is 18.3 Å². The molecule has 0 bridgehead atoms. The molecule has 0 aromatic heterocycles. The van der Waals surface area contributed by atoms with Gasteiger partial charge in [0.05, 0.1) is 13.2 Å². The van der Waals surface area contributed by atoms with E-state index < -0.39 is 17.8 Å². The minimum atomic E-state index is -2.02. The van der Waals surface area contributed by atoms with Gasteiger partial charge in [0.15, 0.2) is 0 Å². The zero-order chi connectivity index (χ0) is 28.2. The van der Waals surface area contributed by atoms with E-state index >= 15 is 8.78 Å². The van der Waals surface area contributed by atoms with Crippen LogP contribution in [0, 0.1) is 0 Å². The first-order valence-corrected chi connectivity index (χ1v) is 14.8. The van der Waals surface area contributed by atoms with Gasteiger partial charge in [-0.15, -0.1) is 0 Å². The van der Waals surface area contributed by atoms with Crippen LogP contribution in [0.15, 0.2) is 96.8 Å². The van der Waals surface area contributed by atoms with E-state index in [2.05, 4.69) is 50.2 Å². The Hall–Kier alpha value is -3.08. The molecule has 0 heterocycles. The first kappa shape index (κ1) is 29.9. The summed E-state index contributed by atoms with van der Waals surface area (Å²) in [4.78, 5) is 0. The molecule has 4 rings (SSSR count). The molecule has 2 nitrogen and oxygen atoms in total. The van der Waals surface area contributed by atoms with Crippen molar-refractivity contribution >= 4 is 5.57 Å². The van der Waals surface area contributed by atoms with E-state index in [1.54, 1.807) is 12.2 Å². The summed E-state index contributed by atoms with van der Waals surface area (Å²) in [6.45, 7) is 4.93. The number of halogens is 2. The summed E-state index contributed by atoms with van der Waals surface area (Å²) in [5.41, 5.74) is 5.26. The van der Waals surface area contributed by atoms with Crippen molar-refractivity contribution in [2.75, 3.05) is 13.2 Å². The van der Waals surface area contributed by atoms with Gasteiger partial charge in [0.2, 0.25) is 12.0 Å². The predicted molar refractivity (Wildman–Crippen MR) is 162 cm³/mol. The fraction of sp³-hybridized carbons (Fsp3) is 0.389. The van der Waals surface area contributed by atoms with Crippen molar-refractivity contribution in [2.24, 2.45) is 0 Å². The molecule has 2 atom stereocenters. The molecule has 3 aromatic carbocycles. The van der Waals surface area contributed by atoms with Gasteiger partial charge in [0.1, 0.15) is 5.83 Å². The molecular formula is C36H42F2O2. The van der Waals surface area contributed by atoms with E-state index in [4.69, 9.17) is 9.47 Å². The predicted octanol–water partition coefficient (Wildman–Crippen LogP) is 10.5. The summed E-state index contributed by atoms with van der Waals surface area (Å²) in [6.07, 6.45) is 9.19. The van der Waals surface area contributed by atoms with Crippen molar-refractivity contribution in [1.29, 1.82) is 0 Å². The quantitative estimate of drug-likeness (QED) is 0.140. The molecule has 0 saturated carbocycles. The van der Waals surface area contributed by atoms with Crippen LogP contribution in [0.1, 0.15) is 70.8 Å². The number of hydrogen-bond acceptors (Lipinski definition) is 2. The molecule has 0 fully saturated rings. The fourth-order valence-electron chi connectivity index (χ4n) is 5.04. The van der Waals surface area contributed by atoms with Gasteiger partial charge in [-0.25, -0.2) is 8.78 Å². The van der Waals surface area contributed by atoms with Crippen molar-refractivity contribution in [3.8, 4) is 22.3 Å². The summed E-state index contributed by atoms with van der Waals surface area (Å²) in [7, 11) is 0. The maximum absolute atomic E-state index is 15.8. The summed E-state index contributed by atoms with van der Waals surface area (Å²) < 4.78 is 43.2. The van der Waals surface area contributed by atoms with Crippen molar-refractivity contribution in [2.45, 2.75) is 77.2 Å². The Morgan fingerprint density at radius 2 is 1.05 bits per heavy atom. The first-order valence-electron chi connectivity index (χ1n) is 14.8. The molecule has 1 aliphatic rings. The zero-order valence-corrected chi connectivity index (χ0v) is 23.9. The Balaban J connectivity index is 1.46. The van der Waals surface area contributed by atoms with Gasteiger partial charge in [0.25, 0.3) is 0 Å². The third-order valence-corrected chi connectivity index (χ3v) is 7.49. The number of benzene rings is 3. The van der Waals surface area contributed by atoms with Gasteiger partial charge in [-0.1, -0.05) is 137 Å². The van der Waals surface area contributed by atoms with Crippen LogP contribution in [0.3, 0.4) is 0 Å². The van der Waals surface area contributed by atoms with Gasteiger partial charge < -0.3 is 9.47 Å². The molecule has 0 radical (unpaired) electrons. The maximum Gasteiger partial charge on any atom is 0.227 e. The van der Waals surface area contributed by atoms with Crippen LogP contribution >= 0.6 is 0 Å². The Morgan fingerprint density at radius 3 is 1.60 bits per heavy atom. The summed E-state index contributed by atoms with van der Waals surface area (Å²) in [6, 6.07) is 26.2. The van der Waals surface area contributed by atoms with Crippen LogP contribution in [-0.2, 0) is 9.47 Å². The monoisotopic (exact) mass is 544 g/mol. The standard InChI is InChI=1S/C36H42F2O2/c1-3-5-7-8-13-27-40-36(39-26-12-6-4-2)25-24-33(34(37)35(36)38)32-22-20-31(21-23-32)30-18-16-29(17-19-30)28-14-10-9-11-15-28/h9-11,14-25,35H,3-8,12-13,26-27H2,1-2H3. The number of unbranched alkanes of at least 4 members (excludes halogenated alkanes) is 6. The third-order valence-electron chi connectivity index (χ3n) is 7.49. The second-order valence-electron chi connectivity index (χ2n) is 10.5. The Bertz CT molecular complexity index is 1230. The van der Waals surface area contributed by atoms with E-state index in [1.807, 2.05) is 42.5 Å². The molecule has 40 heavy (non-hydrogen) atoms. The van der Waals surface area contributed by atoms with Gasteiger partial charge >= 0.3 is 0 Å². The van der Waals surface area contributed by atoms with Gasteiger partial charge in [-0.3, -0.25) is 0 Å². The molecule has 4 heteroatoms. The third kappa shape index (κ3) is 7.56. The van der Waals surface area contributed by atoms with E-state index in [0.29, 0.717) is 18.8 Å². The van der Waals surface area contributed by atoms with Crippen molar-refractivity contribution in [3.63, 3.8) is 0 Å². The summed E-state index contributed by atoms with van der Waals surface area (Å²) >= 11 is 0. The molecule has 2 unspecified atom stereocenters. The van der Waals surface area contributed by atoms with Gasteiger partial charge in [-0.2, -0.15) is 0 Å². The lowest BCUT2D eigenvalue weighted by molar-refractivity contribution is -0.234. The Morgan fingerprint density at radius 1 is 0.600 bits per heavy atom. The van der Waals surface area contributed by atoms with Crippen LogP contribution < -0.4 is 0 Å². The molecule has 1 aliphatic carbocycles. The van der Waals surface area contributed by atoms with Crippen LogP contribution in [0.4, 0.5) is 8.78 Å². The highest BCUT2D eigenvalue weighted by molar-refractivity contribution is 5.79. The SMILES string of the molecule is CCCCCCCOC1(OCCCCC)C=CC(c2ccc(-c3ccc(-c4ccccc4)cc3)cc2)=C(F)C1F. The minimum Gasteiger partial charge on any atom is -0.344 e. The van der Waals surface area contributed by atoms with Crippen LogP contribution in [-0.4, -0.2) is 25.2 Å².